The maximum atomic E-state index is 12.4. The fourth-order valence-electron chi connectivity index (χ4n) is 7.72. The Bertz CT molecular complexity index is 3450. The molecule has 0 amide bonds. The second-order valence-corrected chi connectivity index (χ2v) is 15.2. The summed E-state index contributed by atoms with van der Waals surface area (Å²) in [7, 11) is 0. The molecule has 0 unspecified atom stereocenters. The van der Waals surface area contributed by atoms with E-state index in [1.54, 1.807) is 12.1 Å². The Balaban J connectivity index is 1.14. The first-order valence-corrected chi connectivity index (χ1v) is 19.3. The number of nitrogens with zero attached hydrogens (tertiary/aromatic N) is 4. The molecule has 6 aromatic heterocycles. The quantitative estimate of drug-likeness (QED) is 0.179. The Morgan fingerprint density at radius 2 is 1.02 bits per heavy atom. The Hall–Kier alpha value is -7.00. The Labute approximate surface area is 340 Å². The van der Waals surface area contributed by atoms with Crippen LogP contribution in [0.2, 0.25) is 10.0 Å². The van der Waals surface area contributed by atoms with Gasteiger partial charge >= 0.3 is 0 Å². The zero-order valence-corrected chi connectivity index (χ0v) is 32.6. The summed E-state index contributed by atoms with van der Waals surface area (Å²) in [5, 5.41) is 4.41. The number of nitrogens with one attached hydrogen (secondary N) is 2. The van der Waals surface area contributed by atoms with Crippen LogP contribution in [0.4, 0.5) is 0 Å². The number of pyridine rings is 6. The summed E-state index contributed by atoms with van der Waals surface area (Å²) in [5.41, 5.74) is 12.2. The van der Waals surface area contributed by atoms with E-state index in [0.29, 0.717) is 32.6 Å². The van der Waals surface area contributed by atoms with Gasteiger partial charge in [0.05, 0.1) is 32.5 Å². The molecule has 0 radical (unpaired) electrons. The zero-order valence-electron chi connectivity index (χ0n) is 31.1. The molecule has 0 fully saturated rings. The van der Waals surface area contributed by atoms with E-state index < -0.39 is 0 Å². The van der Waals surface area contributed by atoms with Crippen LogP contribution >= 0.6 is 23.2 Å². The highest BCUT2D eigenvalue weighted by molar-refractivity contribution is 6.36. The van der Waals surface area contributed by atoms with Crippen molar-refractivity contribution < 1.29 is 0 Å². The third kappa shape index (κ3) is 6.29. The first-order valence-electron chi connectivity index (χ1n) is 18.6. The number of aromatic nitrogens is 6. The molecule has 0 aliphatic carbocycles. The van der Waals surface area contributed by atoms with Gasteiger partial charge in [-0.3, -0.25) is 19.6 Å². The van der Waals surface area contributed by atoms with E-state index in [-0.39, 0.29) is 11.1 Å². The third-order valence-electron chi connectivity index (χ3n) is 10.5. The number of aromatic amines is 2. The summed E-state index contributed by atoms with van der Waals surface area (Å²) >= 11 is 13.9. The molecule has 2 N–H and O–H groups in total. The van der Waals surface area contributed by atoms with Crippen LogP contribution in [-0.4, -0.2) is 29.9 Å². The van der Waals surface area contributed by atoms with Crippen LogP contribution in [0.1, 0.15) is 11.3 Å². The fourth-order valence-corrected chi connectivity index (χ4v) is 8.27. The van der Waals surface area contributed by atoms with Gasteiger partial charge in [0.1, 0.15) is 11.3 Å². The average molecular weight is 794 g/mol. The van der Waals surface area contributed by atoms with E-state index in [9.17, 15) is 9.59 Å². The lowest BCUT2D eigenvalue weighted by atomic mass is 9.93. The van der Waals surface area contributed by atoms with Gasteiger partial charge in [0.2, 0.25) is 11.1 Å². The molecule has 0 saturated carbocycles. The van der Waals surface area contributed by atoms with Crippen molar-refractivity contribution in [3.05, 3.63) is 176 Å². The maximum absolute atomic E-state index is 12.4. The number of rotatable bonds is 5. The molecule has 278 valence electrons. The molecule has 0 atom stereocenters. The third-order valence-corrected chi connectivity index (χ3v) is 11.0. The highest BCUT2D eigenvalue weighted by atomic mass is 35.5. The van der Waals surface area contributed by atoms with E-state index >= 15 is 0 Å². The molecule has 0 bridgehead atoms. The molecule has 8 nitrogen and oxygen atoms in total. The summed E-state index contributed by atoms with van der Waals surface area (Å²) < 4.78 is 0. The van der Waals surface area contributed by atoms with Crippen molar-refractivity contribution in [3.63, 3.8) is 0 Å². The number of aryl methyl sites for hydroxylation is 2. The number of halogens is 2. The van der Waals surface area contributed by atoms with E-state index in [1.165, 1.54) is 12.1 Å². The Morgan fingerprint density at radius 1 is 0.466 bits per heavy atom. The molecule has 10 rings (SSSR count). The van der Waals surface area contributed by atoms with Crippen LogP contribution < -0.4 is 11.1 Å². The summed E-state index contributed by atoms with van der Waals surface area (Å²) in [6, 6.07) is 40.9. The van der Waals surface area contributed by atoms with E-state index in [0.717, 1.165) is 88.5 Å². The molecule has 0 saturated heterocycles. The maximum Gasteiger partial charge on any atom is 0.249 e. The molecular weight excluding hydrogens is 763 g/mol. The summed E-state index contributed by atoms with van der Waals surface area (Å²) in [6.07, 6.45) is 1.81. The van der Waals surface area contributed by atoms with Gasteiger partial charge in [-0.05, 0) is 103 Å². The Kier molecular flexibility index (Phi) is 8.48. The molecule has 0 aliphatic heterocycles. The van der Waals surface area contributed by atoms with Gasteiger partial charge < -0.3 is 9.97 Å². The van der Waals surface area contributed by atoms with Crippen molar-refractivity contribution in [2.75, 3.05) is 0 Å². The summed E-state index contributed by atoms with van der Waals surface area (Å²) in [4.78, 5) is 50.0. The number of hydrogen-bond acceptors (Lipinski definition) is 6. The standard InChI is InChI=1S/C48H30Cl2N6O2/c1-25-15-34-17-32(22-39(49)45(34)51-24-25)38-20-31-12-14-42(58)54-48(31)56-44(38)29-10-6-9-28(16-29)36-21-35-18-33(23-40(50)46(35)52-26(36)2)37-19-30-11-13-41(57)53-47(30)55-43(37)27-7-4-3-5-8-27/h3-24H,1-2H3,(H,53,55,57)(H,54,56,58). The molecule has 10 heteroatoms. The number of benzene rings is 4. The summed E-state index contributed by atoms with van der Waals surface area (Å²) in [6.45, 7) is 3.98. The van der Waals surface area contributed by atoms with Crippen molar-refractivity contribution in [1.29, 1.82) is 0 Å². The smallest absolute Gasteiger partial charge is 0.249 e. The van der Waals surface area contributed by atoms with Crippen LogP contribution in [0.3, 0.4) is 0 Å². The lowest BCUT2D eigenvalue weighted by Gasteiger charge is -2.15. The van der Waals surface area contributed by atoms with E-state index in [4.69, 9.17) is 38.2 Å². The largest absolute Gasteiger partial charge is 0.307 e. The van der Waals surface area contributed by atoms with E-state index in [1.807, 2.05) is 86.8 Å². The molecule has 4 aromatic carbocycles. The van der Waals surface area contributed by atoms with Crippen molar-refractivity contribution in [1.82, 2.24) is 29.9 Å². The van der Waals surface area contributed by atoms with Crippen molar-refractivity contribution in [3.8, 4) is 55.9 Å². The van der Waals surface area contributed by atoms with Gasteiger partial charge in [-0.25, -0.2) is 9.97 Å². The summed E-state index contributed by atoms with van der Waals surface area (Å²) in [5.74, 6) is 0. The normalized spacial score (nSPS) is 11.6. The minimum Gasteiger partial charge on any atom is -0.307 e. The Morgan fingerprint density at radius 3 is 1.67 bits per heavy atom. The number of hydrogen-bond donors (Lipinski definition) is 2. The van der Waals surface area contributed by atoms with Crippen molar-refractivity contribution in [2.24, 2.45) is 0 Å². The van der Waals surface area contributed by atoms with Crippen LogP contribution in [0, 0.1) is 13.8 Å². The van der Waals surface area contributed by atoms with Gasteiger partial charge in [0.25, 0.3) is 0 Å². The second kappa shape index (κ2) is 13.9. The van der Waals surface area contributed by atoms with Crippen LogP contribution in [0.5, 0.6) is 0 Å². The molecule has 10 aromatic rings. The van der Waals surface area contributed by atoms with Crippen LogP contribution in [-0.2, 0) is 0 Å². The van der Waals surface area contributed by atoms with E-state index in [2.05, 4.69) is 51.4 Å². The first kappa shape index (κ1) is 35.4. The second-order valence-electron chi connectivity index (χ2n) is 14.4. The fraction of sp³-hybridized carbons (Fsp3) is 0.0417. The van der Waals surface area contributed by atoms with Gasteiger partial charge in [0, 0.05) is 73.4 Å². The van der Waals surface area contributed by atoms with Crippen LogP contribution in [0.25, 0.3) is 99.8 Å². The number of H-pyrrole nitrogens is 2. The monoisotopic (exact) mass is 792 g/mol. The van der Waals surface area contributed by atoms with Crippen molar-refractivity contribution >= 4 is 67.1 Å². The van der Waals surface area contributed by atoms with Gasteiger partial charge in [-0.2, -0.15) is 0 Å². The van der Waals surface area contributed by atoms with Gasteiger partial charge in [-0.1, -0.05) is 71.7 Å². The molecule has 58 heavy (non-hydrogen) atoms. The van der Waals surface area contributed by atoms with Crippen LogP contribution in [0.15, 0.2) is 143 Å². The molecule has 0 aliphatic rings. The lowest BCUT2D eigenvalue weighted by molar-refractivity contribution is 1.23. The van der Waals surface area contributed by atoms with Gasteiger partial charge in [-0.15, -0.1) is 0 Å². The van der Waals surface area contributed by atoms with Gasteiger partial charge in [0.15, 0.2) is 0 Å². The lowest BCUT2D eigenvalue weighted by Crippen LogP contribution is -2.04. The average Bonchev–Trinajstić information content (AvgIpc) is 3.23. The highest BCUT2D eigenvalue weighted by Gasteiger charge is 2.19. The topological polar surface area (TPSA) is 117 Å². The minimum atomic E-state index is -0.232. The minimum absolute atomic E-state index is 0.216. The first-order chi connectivity index (χ1) is 28.1. The SMILES string of the molecule is Cc1cnc2c(Cl)cc(-c3cc4ccc(=O)[nH]c4nc3-c3cccc(-c4cc5cc(-c6cc7ccc(=O)[nH]c7nc6-c6ccccc6)cc(Cl)c5nc4C)c3)cc2c1. The highest BCUT2D eigenvalue weighted by Crippen LogP contribution is 2.41. The molecule has 6 heterocycles. The zero-order chi connectivity index (χ0) is 39.7. The molecule has 0 spiro atoms. The predicted molar refractivity (Wildman–Crippen MR) is 236 cm³/mol. The molecular formula is C48H30Cl2N6O2. The predicted octanol–water partition coefficient (Wildman–Crippen LogP) is 11.5. The number of fused-ring (bicyclic) bond motifs is 4. The van der Waals surface area contributed by atoms with Crippen molar-refractivity contribution in [2.45, 2.75) is 13.8 Å².